The highest BCUT2D eigenvalue weighted by atomic mass is 16.6. The van der Waals surface area contributed by atoms with Crippen molar-refractivity contribution in [2.75, 3.05) is 19.6 Å². The predicted octanol–water partition coefficient (Wildman–Crippen LogP) is 4.43. The van der Waals surface area contributed by atoms with Crippen molar-refractivity contribution in [2.24, 2.45) is 5.73 Å². The predicted molar refractivity (Wildman–Crippen MR) is 155 cm³/mol. The van der Waals surface area contributed by atoms with Crippen LogP contribution in [0.5, 0.6) is 0 Å². The van der Waals surface area contributed by atoms with Crippen molar-refractivity contribution < 1.29 is 19.6 Å². The number of carbonyl (C=O) groups excluding carboxylic acids is 2. The smallest absolute Gasteiger partial charge is 0.269 e. The minimum atomic E-state index is -0.976. The fraction of sp³-hybridized carbons (Fsp3) is 0.355. The van der Waals surface area contributed by atoms with E-state index in [9.17, 15) is 24.8 Å². The molecule has 0 saturated carbocycles. The number of benzene rings is 3. The van der Waals surface area contributed by atoms with Gasteiger partial charge in [0.15, 0.2) is 0 Å². The number of rotatable bonds is 15. The van der Waals surface area contributed by atoms with Crippen molar-refractivity contribution in [3.05, 3.63) is 111 Å². The van der Waals surface area contributed by atoms with E-state index < -0.39 is 22.9 Å². The highest BCUT2D eigenvalue weighted by molar-refractivity contribution is 6.02. The molecule has 1 unspecified atom stereocenters. The summed E-state index contributed by atoms with van der Waals surface area (Å²) >= 11 is 0. The van der Waals surface area contributed by atoms with Gasteiger partial charge in [-0.3, -0.25) is 19.7 Å². The van der Waals surface area contributed by atoms with E-state index in [4.69, 9.17) is 5.73 Å². The van der Waals surface area contributed by atoms with Crippen LogP contribution in [0, 0.1) is 10.1 Å². The highest BCUT2D eigenvalue weighted by Crippen LogP contribution is 2.32. The van der Waals surface area contributed by atoms with Crippen LogP contribution in [0.1, 0.15) is 70.0 Å². The molecule has 40 heavy (non-hydrogen) atoms. The summed E-state index contributed by atoms with van der Waals surface area (Å²) in [5.41, 5.74) is 8.61. The van der Waals surface area contributed by atoms with E-state index in [-0.39, 0.29) is 23.7 Å². The maximum atomic E-state index is 13.8. The van der Waals surface area contributed by atoms with Crippen LogP contribution >= 0.6 is 0 Å². The van der Waals surface area contributed by atoms with Gasteiger partial charge in [-0.15, -0.1) is 0 Å². The number of hydrogen-bond acceptors (Lipinski definition) is 6. The third-order valence-corrected chi connectivity index (χ3v) is 6.84. The summed E-state index contributed by atoms with van der Waals surface area (Å²) in [7, 11) is 0. The normalized spacial score (nSPS) is 12.5. The molecule has 0 aliphatic carbocycles. The first-order valence-corrected chi connectivity index (χ1v) is 13.6. The van der Waals surface area contributed by atoms with Gasteiger partial charge in [0, 0.05) is 55.4 Å². The monoisotopic (exact) mass is 546 g/mol. The fourth-order valence-electron chi connectivity index (χ4n) is 4.93. The zero-order chi connectivity index (χ0) is 29.1. The molecule has 0 heterocycles. The third-order valence-electron chi connectivity index (χ3n) is 6.84. The second kappa shape index (κ2) is 14.9. The van der Waals surface area contributed by atoms with Crippen molar-refractivity contribution in [3.8, 4) is 0 Å². The van der Waals surface area contributed by atoms with Gasteiger partial charge in [0.2, 0.25) is 5.91 Å². The number of carbonyl (C=O) groups is 2. The minimum absolute atomic E-state index is 0.00663. The van der Waals surface area contributed by atoms with E-state index in [1.807, 2.05) is 44.2 Å². The van der Waals surface area contributed by atoms with Gasteiger partial charge in [-0.1, -0.05) is 62.4 Å². The van der Waals surface area contributed by atoms with E-state index in [0.29, 0.717) is 37.2 Å². The molecule has 0 aliphatic heterocycles. The lowest BCUT2D eigenvalue weighted by molar-refractivity contribution is -0.384. The molecule has 0 aliphatic rings. The topological polar surface area (TPSA) is 139 Å². The lowest BCUT2D eigenvalue weighted by Crippen LogP contribution is -2.37. The Labute approximate surface area is 235 Å². The van der Waals surface area contributed by atoms with E-state index in [0.717, 1.165) is 24.0 Å². The second-order valence-electron chi connectivity index (χ2n) is 9.84. The molecule has 0 spiro atoms. The van der Waals surface area contributed by atoms with Crippen LogP contribution in [0.2, 0.25) is 0 Å². The van der Waals surface area contributed by atoms with Gasteiger partial charge < -0.3 is 21.1 Å². The second-order valence-corrected chi connectivity index (χ2v) is 9.84. The number of nitrogens with zero attached hydrogens (tertiary/aromatic N) is 2. The van der Waals surface area contributed by atoms with Crippen LogP contribution in [0.3, 0.4) is 0 Å². The zero-order valence-electron chi connectivity index (χ0n) is 23.1. The summed E-state index contributed by atoms with van der Waals surface area (Å²) in [5, 5.41) is 25.7. The average Bonchev–Trinajstić information content (AvgIpc) is 2.95. The van der Waals surface area contributed by atoms with Crippen LogP contribution in [-0.2, 0) is 13.0 Å². The van der Waals surface area contributed by atoms with Crippen molar-refractivity contribution in [3.63, 3.8) is 0 Å². The molecule has 3 aromatic carbocycles. The maximum absolute atomic E-state index is 13.8. The van der Waals surface area contributed by atoms with Crippen LogP contribution in [0.4, 0.5) is 5.69 Å². The number of nitrogens with one attached hydrogen (secondary N) is 1. The maximum Gasteiger partial charge on any atom is 0.269 e. The summed E-state index contributed by atoms with van der Waals surface area (Å²) in [6.07, 6.45) is 0.988. The molecule has 9 nitrogen and oxygen atoms in total. The number of amides is 2. The third kappa shape index (κ3) is 7.97. The van der Waals surface area contributed by atoms with E-state index >= 15 is 0 Å². The largest absolute Gasteiger partial charge is 0.391 e. The SMILES string of the molecule is CCCN(CCC)C(=O)c1cccc(C(N)=O)c1[C@H](Cc1ccccc1)C(O)CNCc1ccc([N+](=O)[O-])cc1. The average molecular weight is 547 g/mol. The van der Waals surface area contributed by atoms with E-state index in [1.165, 1.54) is 12.1 Å². The molecule has 2 atom stereocenters. The molecule has 3 aromatic rings. The Morgan fingerprint density at radius 3 is 2.12 bits per heavy atom. The lowest BCUT2D eigenvalue weighted by Gasteiger charge is -2.29. The lowest BCUT2D eigenvalue weighted by atomic mass is 9.81. The quantitative estimate of drug-likeness (QED) is 0.190. The zero-order valence-corrected chi connectivity index (χ0v) is 23.1. The molecule has 4 N–H and O–H groups in total. The Kier molecular flexibility index (Phi) is 11.4. The van der Waals surface area contributed by atoms with Gasteiger partial charge in [0.1, 0.15) is 0 Å². The van der Waals surface area contributed by atoms with Gasteiger partial charge in [0.05, 0.1) is 11.0 Å². The summed E-state index contributed by atoms with van der Waals surface area (Å²) in [6.45, 7) is 5.70. The number of aliphatic hydroxyl groups is 1. The Balaban J connectivity index is 1.97. The van der Waals surface area contributed by atoms with Crippen molar-refractivity contribution in [2.45, 2.75) is 51.7 Å². The van der Waals surface area contributed by atoms with Crippen molar-refractivity contribution in [1.82, 2.24) is 10.2 Å². The molecule has 0 radical (unpaired) electrons. The number of nitrogens with two attached hydrogens (primary N) is 1. The van der Waals surface area contributed by atoms with Gasteiger partial charge in [0.25, 0.3) is 11.6 Å². The molecule has 0 saturated heterocycles. The summed E-state index contributed by atoms with van der Waals surface area (Å²) in [4.78, 5) is 38.7. The molecule has 9 heteroatoms. The Morgan fingerprint density at radius 1 is 0.925 bits per heavy atom. The van der Waals surface area contributed by atoms with Crippen LogP contribution in [-0.4, -0.2) is 52.5 Å². The summed E-state index contributed by atoms with van der Waals surface area (Å²) < 4.78 is 0. The molecule has 0 bridgehead atoms. The van der Waals surface area contributed by atoms with Crippen molar-refractivity contribution in [1.29, 1.82) is 0 Å². The van der Waals surface area contributed by atoms with Gasteiger partial charge in [-0.2, -0.15) is 0 Å². The Hall–Kier alpha value is -4.08. The first kappa shape index (κ1) is 30.5. The molecule has 0 aromatic heterocycles. The molecule has 3 rings (SSSR count). The minimum Gasteiger partial charge on any atom is -0.391 e. The van der Waals surface area contributed by atoms with Crippen LogP contribution in [0.25, 0.3) is 0 Å². The number of primary amides is 1. The summed E-state index contributed by atoms with van der Waals surface area (Å²) in [5.74, 6) is -1.46. The summed E-state index contributed by atoms with van der Waals surface area (Å²) in [6, 6.07) is 20.8. The van der Waals surface area contributed by atoms with E-state index in [2.05, 4.69) is 5.32 Å². The first-order chi connectivity index (χ1) is 19.3. The molecular weight excluding hydrogens is 508 g/mol. The highest BCUT2D eigenvalue weighted by Gasteiger charge is 2.31. The number of nitro benzene ring substituents is 1. The molecule has 2 amide bonds. The van der Waals surface area contributed by atoms with Crippen LogP contribution in [0.15, 0.2) is 72.8 Å². The van der Waals surface area contributed by atoms with Gasteiger partial charge in [-0.25, -0.2) is 0 Å². The van der Waals surface area contributed by atoms with Gasteiger partial charge in [-0.05, 0) is 48.1 Å². The number of nitro groups is 1. The number of hydrogen-bond donors (Lipinski definition) is 3. The number of non-ortho nitro benzene ring substituents is 1. The first-order valence-electron chi connectivity index (χ1n) is 13.6. The molecular formula is C31H38N4O5. The van der Waals surface area contributed by atoms with E-state index in [1.54, 1.807) is 35.2 Å². The van der Waals surface area contributed by atoms with Gasteiger partial charge >= 0.3 is 0 Å². The molecule has 0 fully saturated rings. The fourth-order valence-corrected chi connectivity index (χ4v) is 4.93. The Bertz CT molecular complexity index is 1270. The number of aliphatic hydroxyl groups excluding tert-OH is 1. The Morgan fingerprint density at radius 2 is 1.55 bits per heavy atom. The standard InChI is InChI=1S/C31H38N4O5/c1-3-17-34(18-4-2)31(38)26-12-8-11-25(30(32)37)29(26)27(19-22-9-6-5-7-10-22)28(36)21-33-20-23-13-15-24(16-14-23)35(39)40/h5-16,27-28,33,36H,3-4,17-21H2,1-2H3,(H2,32,37)/t27-,28?/m1/s1. The molecule has 212 valence electrons. The van der Waals surface area contributed by atoms with Crippen LogP contribution < -0.4 is 11.1 Å². The van der Waals surface area contributed by atoms with Crippen molar-refractivity contribution >= 4 is 17.5 Å².